The molecule has 1 aliphatic rings. The van der Waals surface area contributed by atoms with E-state index in [2.05, 4.69) is 32.9 Å². The molecule has 2 aromatic rings. The normalized spacial score (nSPS) is 19.8. The number of hydrogen-bond donors (Lipinski definition) is 1. The molecule has 1 heterocycles. The molecule has 1 saturated carbocycles. The summed E-state index contributed by atoms with van der Waals surface area (Å²) >= 11 is 0. The second-order valence-corrected chi connectivity index (χ2v) is 8.35. The number of aliphatic carboxylic acids is 1. The number of nitrogens with zero attached hydrogens (tertiary/aromatic N) is 1. The molecule has 176 valence electrons. The van der Waals surface area contributed by atoms with Crippen LogP contribution in [0.25, 0.3) is 11.5 Å². The molecule has 3 rings (SSSR count). The van der Waals surface area contributed by atoms with Gasteiger partial charge in [0.25, 0.3) is 0 Å². The maximum atomic E-state index is 11.2. The summed E-state index contributed by atoms with van der Waals surface area (Å²) in [5, 5.41) is 9.22. The van der Waals surface area contributed by atoms with Crippen molar-refractivity contribution in [1.29, 1.82) is 0 Å². The highest BCUT2D eigenvalue weighted by Crippen LogP contribution is 2.30. The molecule has 7 heteroatoms. The van der Waals surface area contributed by atoms with Crippen LogP contribution in [0.15, 0.2) is 22.6 Å². The summed E-state index contributed by atoms with van der Waals surface area (Å²) in [7, 11) is 0. The topological polar surface area (TPSA) is 91.0 Å². The Labute approximate surface area is 190 Å². The first-order valence-corrected chi connectivity index (χ1v) is 11.6. The minimum atomic E-state index is -0.992. The van der Waals surface area contributed by atoms with Gasteiger partial charge in [-0.1, -0.05) is 25.1 Å². The van der Waals surface area contributed by atoms with E-state index in [9.17, 15) is 9.90 Å². The first-order chi connectivity index (χ1) is 15.4. The van der Waals surface area contributed by atoms with Gasteiger partial charge in [-0.15, -0.1) is 0 Å². The van der Waals surface area contributed by atoms with Gasteiger partial charge in [0.15, 0.2) is 6.10 Å². The van der Waals surface area contributed by atoms with Crippen LogP contribution in [-0.2, 0) is 32.0 Å². The van der Waals surface area contributed by atoms with Gasteiger partial charge in [-0.3, -0.25) is 0 Å². The predicted molar refractivity (Wildman–Crippen MR) is 121 cm³/mol. The van der Waals surface area contributed by atoms with Gasteiger partial charge in [-0.25, -0.2) is 9.78 Å². The molecular weight excluding hydrogens is 410 g/mol. The molecule has 1 fully saturated rings. The first kappa shape index (κ1) is 24.4. The van der Waals surface area contributed by atoms with Gasteiger partial charge in [0.1, 0.15) is 11.5 Å². The van der Waals surface area contributed by atoms with Gasteiger partial charge in [-0.05, 0) is 57.6 Å². The lowest BCUT2D eigenvalue weighted by atomic mass is 9.95. The average Bonchev–Trinajstić information content (AvgIpc) is 3.18. The van der Waals surface area contributed by atoms with Crippen molar-refractivity contribution < 1.29 is 28.5 Å². The van der Waals surface area contributed by atoms with E-state index in [4.69, 9.17) is 23.6 Å². The third-order valence-corrected chi connectivity index (χ3v) is 5.95. The van der Waals surface area contributed by atoms with Crippen LogP contribution in [0.5, 0.6) is 0 Å². The fraction of sp³-hybridized carbons (Fsp3) is 0.600. The monoisotopic (exact) mass is 445 g/mol. The van der Waals surface area contributed by atoms with Crippen LogP contribution < -0.4 is 0 Å². The molecular formula is C25H35NO6. The van der Waals surface area contributed by atoms with Crippen molar-refractivity contribution in [2.45, 2.75) is 84.7 Å². The number of aryl methyl sites for hydroxylation is 3. The second-order valence-electron chi connectivity index (χ2n) is 8.35. The Morgan fingerprint density at radius 2 is 1.88 bits per heavy atom. The van der Waals surface area contributed by atoms with E-state index in [1.165, 1.54) is 0 Å². The number of carbonyl (C=O) groups is 1. The number of hydrogen-bond acceptors (Lipinski definition) is 6. The van der Waals surface area contributed by atoms with Crippen molar-refractivity contribution in [1.82, 2.24) is 4.98 Å². The molecule has 1 aliphatic carbocycles. The highest BCUT2D eigenvalue weighted by atomic mass is 16.6. The lowest BCUT2D eigenvalue weighted by Gasteiger charge is -2.29. The summed E-state index contributed by atoms with van der Waals surface area (Å²) < 4.78 is 23.4. The van der Waals surface area contributed by atoms with Gasteiger partial charge in [0.2, 0.25) is 5.89 Å². The van der Waals surface area contributed by atoms with Crippen LogP contribution in [0.1, 0.15) is 62.1 Å². The number of aromatic nitrogens is 1. The molecule has 1 N–H and O–H groups in total. The van der Waals surface area contributed by atoms with Gasteiger partial charge >= 0.3 is 5.97 Å². The van der Waals surface area contributed by atoms with Crippen molar-refractivity contribution in [3.8, 4) is 11.5 Å². The smallest absolute Gasteiger partial charge is 0.335 e. The van der Waals surface area contributed by atoms with Crippen LogP contribution >= 0.6 is 0 Å². The summed E-state index contributed by atoms with van der Waals surface area (Å²) in [6, 6.07) is 6.17. The molecule has 7 nitrogen and oxygen atoms in total. The molecule has 0 spiro atoms. The average molecular weight is 446 g/mol. The molecule has 0 bridgehead atoms. The largest absolute Gasteiger partial charge is 0.479 e. The molecule has 0 aliphatic heterocycles. The number of carboxylic acids is 1. The van der Waals surface area contributed by atoms with Crippen molar-refractivity contribution in [2.24, 2.45) is 0 Å². The SMILES string of the molecule is CCOC(CO[C@@H]1CCC[C@H](OCc2nc(-c3c(C)cccc3C)oc2CC)C1)C(=O)O. The van der Waals surface area contributed by atoms with Crippen molar-refractivity contribution >= 4 is 5.97 Å². The third-order valence-electron chi connectivity index (χ3n) is 5.95. The third kappa shape index (κ3) is 6.18. The van der Waals surface area contributed by atoms with E-state index < -0.39 is 12.1 Å². The van der Waals surface area contributed by atoms with Gasteiger partial charge in [0.05, 0.1) is 25.4 Å². The fourth-order valence-electron chi connectivity index (χ4n) is 4.25. The fourth-order valence-corrected chi connectivity index (χ4v) is 4.25. The highest BCUT2D eigenvalue weighted by molar-refractivity contribution is 5.72. The van der Waals surface area contributed by atoms with Crippen LogP contribution in [0.3, 0.4) is 0 Å². The van der Waals surface area contributed by atoms with Crippen LogP contribution in [0, 0.1) is 13.8 Å². The van der Waals surface area contributed by atoms with Crippen molar-refractivity contribution in [3.05, 3.63) is 40.8 Å². The Bertz CT molecular complexity index is 872. The Hall–Kier alpha value is -2.22. The number of carboxylic acid groups (broad SMARTS) is 1. The predicted octanol–water partition coefficient (Wildman–Crippen LogP) is 4.85. The van der Waals surface area contributed by atoms with E-state index in [1.54, 1.807) is 6.92 Å². The number of oxazole rings is 1. The maximum Gasteiger partial charge on any atom is 0.335 e. The number of ether oxygens (including phenoxy) is 3. The first-order valence-electron chi connectivity index (χ1n) is 11.6. The summed E-state index contributed by atoms with van der Waals surface area (Å²) in [6.45, 7) is 8.77. The van der Waals surface area contributed by atoms with E-state index in [1.807, 2.05) is 6.07 Å². The van der Waals surface area contributed by atoms with Crippen molar-refractivity contribution in [3.63, 3.8) is 0 Å². The zero-order valence-corrected chi connectivity index (χ0v) is 19.6. The van der Waals surface area contributed by atoms with Gasteiger partial charge in [-0.2, -0.15) is 0 Å². The van der Waals surface area contributed by atoms with Crippen LogP contribution in [-0.4, -0.2) is 47.6 Å². The van der Waals surface area contributed by atoms with Gasteiger partial charge < -0.3 is 23.7 Å². The van der Waals surface area contributed by atoms with E-state index in [-0.39, 0.29) is 18.8 Å². The lowest BCUT2D eigenvalue weighted by molar-refractivity contribution is -0.157. The Morgan fingerprint density at radius 3 is 2.50 bits per heavy atom. The molecule has 0 saturated heterocycles. The maximum absolute atomic E-state index is 11.2. The molecule has 0 amide bonds. The van der Waals surface area contributed by atoms with E-state index in [0.717, 1.165) is 60.2 Å². The standard InChI is InChI=1S/C25H35NO6/c1-5-21-20(26-24(32-21)23-16(3)9-7-10-17(23)4)14-30-18-11-8-12-19(13-18)31-15-22(25(27)28)29-6-2/h7,9-10,18-19,22H,5-6,8,11-15H2,1-4H3,(H,27,28)/t18-,19+,22?/m0/s1. The Kier molecular flexibility index (Phi) is 8.84. The second kappa shape index (κ2) is 11.6. The lowest BCUT2D eigenvalue weighted by Crippen LogP contribution is -2.34. The zero-order chi connectivity index (χ0) is 23.1. The molecule has 1 aromatic carbocycles. The molecule has 3 atom stereocenters. The van der Waals surface area contributed by atoms with Gasteiger partial charge in [0, 0.05) is 18.6 Å². The zero-order valence-electron chi connectivity index (χ0n) is 19.6. The Balaban J connectivity index is 1.59. The van der Waals surface area contributed by atoms with Crippen LogP contribution in [0.2, 0.25) is 0 Å². The summed E-state index contributed by atoms with van der Waals surface area (Å²) in [4.78, 5) is 16.0. The summed E-state index contributed by atoms with van der Waals surface area (Å²) in [5.41, 5.74) is 4.16. The highest BCUT2D eigenvalue weighted by Gasteiger charge is 2.27. The minimum Gasteiger partial charge on any atom is -0.479 e. The molecule has 1 unspecified atom stereocenters. The summed E-state index contributed by atoms with van der Waals surface area (Å²) in [6.07, 6.45) is 3.43. The number of benzene rings is 1. The molecule has 1 aromatic heterocycles. The van der Waals surface area contributed by atoms with E-state index >= 15 is 0 Å². The van der Waals surface area contributed by atoms with Crippen molar-refractivity contribution in [2.75, 3.05) is 13.2 Å². The number of rotatable bonds is 11. The molecule has 0 radical (unpaired) electrons. The quantitative estimate of drug-likeness (QED) is 0.528. The van der Waals surface area contributed by atoms with E-state index in [0.29, 0.717) is 19.1 Å². The summed E-state index contributed by atoms with van der Waals surface area (Å²) in [5.74, 6) is 0.511. The molecule has 32 heavy (non-hydrogen) atoms. The minimum absolute atomic E-state index is 0.0239. The Morgan fingerprint density at radius 1 is 1.19 bits per heavy atom. The van der Waals surface area contributed by atoms with Crippen LogP contribution in [0.4, 0.5) is 0 Å².